The molecule has 0 aliphatic rings. The van der Waals surface area contributed by atoms with Crippen molar-refractivity contribution in [1.82, 2.24) is 19.9 Å². The molecular formula is C38H26N4. The molecule has 7 rings (SSSR count). The molecule has 0 aliphatic carbocycles. The van der Waals surface area contributed by atoms with Crippen molar-refractivity contribution in [2.45, 2.75) is 0 Å². The van der Waals surface area contributed by atoms with Crippen LogP contribution in [-0.4, -0.2) is 19.9 Å². The molecule has 0 radical (unpaired) electrons. The van der Waals surface area contributed by atoms with E-state index in [2.05, 4.69) is 83.8 Å². The first kappa shape index (κ1) is 25.2. The summed E-state index contributed by atoms with van der Waals surface area (Å²) in [6.45, 7) is 0. The lowest BCUT2D eigenvalue weighted by molar-refractivity contribution is 1.07. The first-order valence-electron chi connectivity index (χ1n) is 13.9. The molecule has 198 valence electrons. The first-order chi connectivity index (χ1) is 20.8. The molecule has 0 fully saturated rings. The van der Waals surface area contributed by atoms with Crippen molar-refractivity contribution in [3.05, 3.63) is 158 Å². The number of nitrogens with zero attached hydrogens (tertiary/aromatic N) is 4. The largest absolute Gasteiger partial charge is 0.264 e. The Hall–Kier alpha value is -5.74. The molecule has 0 saturated heterocycles. The van der Waals surface area contributed by atoms with Crippen LogP contribution in [0.2, 0.25) is 0 Å². The molecule has 0 aliphatic heterocycles. The summed E-state index contributed by atoms with van der Waals surface area (Å²) in [5, 5.41) is 0. The van der Waals surface area contributed by atoms with Crippen molar-refractivity contribution >= 4 is 0 Å². The highest BCUT2D eigenvalue weighted by molar-refractivity contribution is 5.74. The fourth-order valence-electron chi connectivity index (χ4n) is 4.99. The maximum atomic E-state index is 4.85. The number of benzene rings is 5. The summed E-state index contributed by atoms with van der Waals surface area (Å²) in [4.78, 5) is 18.7. The van der Waals surface area contributed by atoms with Gasteiger partial charge in [0.2, 0.25) is 0 Å². The van der Waals surface area contributed by atoms with E-state index in [0.29, 0.717) is 17.5 Å². The van der Waals surface area contributed by atoms with Crippen molar-refractivity contribution in [1.29, 1.82) is 0 Å². The monoisotopic (exact) mass is 538 g/mol. The van der Waals surface area contributed by atoms with Crippen molar-refractivity contribution in [2.24, 2.45) is 0 Å². The molecule has 7 aromatic rings. The smallest absolute Gasteiger partial charge is 0.164 e. The van der Waals surface area contributed by atoms with Crippen LogP contribution in [0.5, 0.6) is 0 Å². The van der Waals surface area contributed by atoms with Gasteiger partial charge in [0.05, 0.1) is 0 Å². The van der Waals surface area contributed by atoms with Crippen molar-refractivity contribution in [3.63, 3.8) is 0 Å². The molecule has 0 N–H and O–H groups in total. The zero-order valence-corrected chi connectivity index (χ0v) is 22.8. The number of aromatic nitrogens is 4. The summed E-state index contributed by atoms with van der Waals surface area (Å²) in [5.74, 6) is 1.97. The van der Waals surface area contributed by atoms with Crippen LogP contribution in [0.15, 0.2) is 158 Å². The predicted molar refractivity (Wildman–Crippen MR) is 170 cm³/mol. The molecular weight excluding hydrogens is 512 g/mol. The molecule has 0 amide bonds. The molecule has 4 nitrogen and oxygen atoms in total. The third-order valence-electron chi connectivity index (χ3n) is 7.27. The maximum Gasteiger partial charge on any atom is 0.164 e. The lowest BCUT2D eigenvalue weighted by Crippen LogP contribution is -2.00. The second-order valence-electron chi connectivity index (χ2n) is 10.0. The molecule has 0 bridgehead atoms. The van der Waals surface area contributed by atoms with Gasteiger partial charge in [-0.1, -0.05) is 140 Å². The average molecular weight is 539 g/mol. The summed E-state index contributed by atoms with van der Waals surface area (Å²) in [5.41, 5.74) is 9.80. The van der Waals surface area contributed by atoms with Crippen LogP contribution in [0.1, 0.15) is 0 Å². The van der Waals surface area contributed by atoms with Gasteiger partial charge in [-0.15, -0.1) is 0 Å². The van der Waals surface area contributed by atoms with E-state index in [1.165, 1.54) is 11.1 Å². The van der Waals surface area contributed by atoms with Crippen molar-refractivity contribution in [3.8, 4) is 67.5 Å². The zero-order chi connectivity index (χ0) is 28.1. The summed E-state index contributed by atoms with van der Waals surface area (Å²) in [7, 11) is 0. The second kappa shape index (κ2) is 11.4. The van der Waals surface area contributed by atoms with Gasteiger partial charge in [0.25, 0.3) is 0 Å². The first-order valence-corrected chi connectivity index (χ1v) is 13.9. The number of rotatable bonds is 6. The Morgan fingerprint density at radius 1 is 0.262 bits per heavy atom. The molecule has 42 heavy (non-hydrogen) atoms. The van der Waals surface area contributed by atoms with Crippen molar-refractivity contribution in [2.75, 3.05) is 0 Å². The highest BCUT2D eigenvalue weighted by Crippen LogP contribution is 2.29. The molecule has 0 spiro atoms. The van der Waals surface area contributed by atoms with E-state index in [9.17, 15) is 0 Å². The summed E-state index contributed by atoms with van der Waals surface area (Å²) in [6.07, 6.45) is 3.68. The van der Waals surface area contributed by atoms with E-state index in [4.69, 9.17) is 15.0 Å². The molecule has 0 atom stereocenters. The Bertz CT molecular complexity index is 1860. The lowest BCUT2D eigenvalue weighted by atomic mass is 9.98. The second-order valence-corrected chi connectivity index (χ2v) is 10.0. The average Bonchev–Trinajstić information content (AvgIpc) is 3.09. The van der Waals surface area contributed by atoms with Gasteiger partial charge in [-0.05, 0) is 39.4 Å². The number of hydrogen-bond acceptors (Lipinski definition) is 4. The van der Waals surface area contributed by atoms with Gasteiger partial charge in [-0.2, -0.15) is 0 Å². The minimum atomic E-state index is 0.652. The number of pyridine rings is 1. The van der Waals surface area contributed by atoms with Gasteiger partial charge in [0.1, 0.15) is 0 Å². The van der Waals surface area contributed by atoms with Crippen LogP contribution in [0.4, 0.5) is 0 Å². The van der Waals surface area contributed by atoms with Gasteiger partial charge < -0.3 is 0 Å². The van der Waals surface area contributed by atoms with Gasteiger partial charge in [0, 0.05) is 29.1 Å². The Balaban J connectivity index is 1.15. The quantitative estimate of drug-likeness (QED) is 0.212. The highest BCUT2D eigenvalue weighted by atomic mass is 15.0. The minimum Gasteiger partial charge on any atom is -0.264 e. The van der Waals surface area contributed by atoms with Crippen LogP contribution >= 0.6 is 0 Å². The Morgan fingerprint density at radius 2 is 0.571 bits per heavy atom. The van der Waals surface area contributed by atoms with Gasteiger partial charge >= 0.3 is 0 Å². The van der Waals surface area contributed by atoms with E-state index in [1.807, 2.05) is 72.9 Å². The molecule has 2 heterocycles. The third-order valence-corrected chi connectivity index (χ3v) is 7.27. The third kappa shape index (κ3) is 5.34. The summed E-state index contributed by atoms with van der Waals surface area (Å²) in [6, 6.07) is 49.8. The topological polar surface area (TPSA) is 51.6 Å². The highest BCUT2D eigenvalue weighted by Gasteiger charge is 2.12. The Morgan fingerprint density at radius 3 is 0.929 bits per heavy atom. The fourth-order valence-corrected chi connectivity index (χ4v) is 4.99. The molecule has 0 unspecified atom stereocenters. The zero-order valence-electron chi connectivity index (χ0n) is 22.8. The van der Waals surface area contributed by atoms with E-state index in [-0.39, 0.29) is 0 Å². The van der Waals surface area contributed by atoms with Crippen molar-refractivity contribution < 1.29 is 0 Å². The van der Waals surface area contributed by atoms with E-state index >= 15 is 0 Å². The van der Waals surface area contributed by atoms with Gasteiger partial charge in [-0.25, -0.2) is 15.0 Å². The molecule has 5 aromatic carbocycles. The summed E-state index contributed by atoms with van der Waals surface area (Å²) < 4.78 is 0. The SMILES string of the molecule is c1ccc(-c2nc(-c3ccccc3)nc(-c3ccc(-c4ccc(-c5ccc(-c6cccnc6)cc5)cc4)cc3)n2)cc1. The standard InChI is InChI=1S/C38H26N4/c1-3-8-32(9-4-1)36-40-37(33-10-5-2-6-11-33)42-38(41-36)34-23-21-30(22-24-34)28-15-13-27(14-16-28)29-17-19-31(20-18-29)35-12-7-25-39-26-35/h1-26H. The summed E-state index contributed by atoms with van der Waals surface area (Å²) >= 11 is 0. The molecule has 0 saturated carbocycles. The maximum absolute atomic E-state index is 4.85. The van der Waals surface area contributed by atoms with Crippen LogP contribution in [0.25, 0.3) is 67.5 Å². The predicted octanol–water partition coefficient (Wildman–Crippen LogP) is 9.27. The molecule has 4 heteroatoms. The van der Waals surface area contributed by atoms with E-state index < -0.39 is 0 Å². The van der Waals surface area contributed by atoms with Crippen LogP contribution in [0.3, 0.4) is 0 Å². The Labute approximate surface area is 245 Å². The van der Waals surface area contributed by atoms with Crippen LogP contribution in [0, 0.1) is 0 Å². The van der Waals surface area contributed by atoms with Crippen LogP contribution in [-0.2, 0) is 0 Å². The van der Waals surface area contributed by atoms with E-state index in [0.717, 1.165) is 38.9 Å². The van der Waals surface area contributed by atoms with Crippen LogP contribution < -0.4 is 0 Å². The lowest BCUT2D eigenvalue weighted by Gasteiger charge is -2.09. The van der Waals surface area contributed by atoms with E-state index in [1.54, 1.807) is 6.20 Å². The number of hydrogen-bond donors (Lipinski definition) is 0. The van der Waals surface area contributed by atoms with Gasteiger partial charge in [0.15, 0.2) is 17.5 Å². The Kier molecular flexibility index (Phi) is 6.85. The normalized spacial score (nSPS) is 10.9. The van der Waals surface area contributed by atoms with Gasteiger partial charge in [-0.3, -0.25) is 4.98 Å². The molecule has 2 aromatic heterocycles. The minimum absolute atomic E-state index is 0.652. The fraction of sp³-hybridized carbons (Fsp3) is 0.